The summed E-state index contributed by atoms with van der Waals surface area (Å²) in [6.07, 6.45) is 3.17. The zero-order valence-corrected chi connectivity index (χ0v) is 7.12. The van der Waals surface area contributed by atoms with Crippen molar-refractivity contribution in [1.29, 1.82) is 0 Å². The molecule has 0 saturated carbocycles. The molecule has 0 saturated heterocycles. The van der Waals surface area contributed by atoms with E-state index in [4.69, 9.17) is 16.6 Å². The number of carbonyl (C=O) groups is 1. The number of nitrogens with two attached hydrogens (primary N) is 2. The molecular weight excluding hydrogens is 156 g/mol. The third-order valence-corrected chi connectivity index (χ3v) is 1.81. The number of carboxylic acid groups (broad SMARTS) is 1. The summed E-state index contributed by atoms with van der Waals surface area (Å²) in [5.74, 6) is -1.03. The molecule has 70 valence electrons. The van der Waals surface area contributed by atoms with Crippen molar-refractivity contribution in [3.63, 3.8) is 0 Å². The van der Waals surface area contributed by atoms with Gasteiger partial charge in [-0.2, -0.15) is 0 Å². The first kappa shape index (κ1) is 11.1. The van der Waals surface area contributed by atoms with Crippen LogP contribution in [0.2, 0.25) is 0 Å². The molecule has 0 radical (unpaired) electrons. The van der Waals surface area contributed by atoms with E-state index in [1.165, 1.54) is 6.08 Å². The van der Waals surface area contributed by atoms with Crippen molar-refractivity contribution in [2.24, 2.45) is 11.5 Å². The summed E-state index contributed by atoms with van der Waals surface area (Å²) in [4.78, 5) is 10.6. The fraction of sp³-hybridized carbons (Fsp3) is 0.625. The van der Waals surface area contributed by atoms with Gasteiger partial charge in [-0.1, -0.05) is 6.08 Å². The van der Waals surface area contributed by atoms with Gasteiger partial charge >= 0.3 is 5.97 Å². The monoisotopic (exact) mass is 172 g/mol. The zero-order chi connectivity index (χ0) is 9.61. The highest BCUT2D eigenvalue weighted by molar-refractivity contribution is 5.80. The fourth-order valence-corrected chi connectivity index (χ4v) is 0.858. The Hall–Kier alpha value is -0.870. The third kappa shape index (κ3) is 3.02. The minimum atomic E-state index is -1.28. The van der Waals surface area contributed by atoms with Crippen molar-refractivity contribution in [2.45, 2.75) is 24.8 Å². The van der Waals surface area contributed by atoms with E-state index in [0.717, 1.165) is 6.42 Å². The number of hydrogen-bond acceptors (Lipinski definition) is 3. The van der Waals surface area contributed by atoms with Gasteiger partial charge in [0, 0.05) is 0 Å². The SMILES string of the molecule is C=CC(N)(CCCCN)C(=O)O. The number of unbranched alkanes of at least 4 members (excludes halogenated alkanes) is 1. The van der Waals surface area contributed by atoms with Gasteiger partial charge in [0.05, 0.1) is 0 Å². The second-order valence-corrected chi connectivity index (χ2v) is 2.80. The van der Waals surface area contributed by atoms with E-state index in [-0.39, 0.29) is 0 Å². The third-order valence-electron chi connectivity index (χ3n) is 1.81. The lowest BCUT2D eigenvalue weighted by molar-refractivity contribution is -0.141. The van der Waals surface area contributed by atoms with Gasteiger partial charge in [0.15, 0.2) is 0 Å². The lowest BCUT2D eigenvalue weighted by Gasteiger charge is -2.19. The lowest BCUT2D eigenvalue weighted by atomic mass is 9.94. The number of rotatable bonds is 6. The zero-order valence-electron chi connectivity index (χ0n) is 7.12. The van der Waals surface area contributed by atoms with Gasteiger partial charge in [-0.05, 0) is 25.8 Å². The van der Waals surface area contributed by atoms with Gasteiger partial charge in [0.2, 0.25) is 0 Å². The van der Waals surface area contributed by atoms with Crippen LogP contribution in [-0.2, 0) is 4.79 Å². The molecular formula is C8H16N2O2. The Morgan fingerprint density at radius 3 is 2.50 bits per heavy atom. The molecule has 0 aliphatic carbocycles. The lowest BCUT2D eigenvalue weighted by Crippen LogP contribution is -2.45. The summed E-state index contributed by atoms with van der Waals surface area (Å²) in [7, 11) is 0. The molecule has 1 unspecified atom stereocenters. The Kier molecular flexibility index (Phi) is 4.54. The number of aliphatic carboxylic acids is 1. The molecule has 0 heterocycles. The Bertz CT molecular complexity index is 170. The van der Waals surface area contributed by atoms with Gasteiger partial charge in [0.1, 0.15) is 5.54 Å². The van der Waals surface area contributed by atoms with Crippen LogP contribution in [0, 0.1) is 0 Å². The summed E-state index contributed by atoms with van der Waals surface area (Å²) < 4.78 is 0. The van der Waals surface area contributed by atoms with Crippen LogP contribution in [0.25, 0.3) is 0 Å². The average molecular weight is 172 g/mol. The van der Waals surface area contributed by atoms with E-state index >= 15 is 0 Å². The van der Waals surface area contributed by atoms with Crippen molar-refractivity contribution in [1.82, 2.24) is 0 Å². The molecule has 0 spiro atoms. The van der Waals surface area contributed by atoms with E-state index in [2.05, 4.69) is 6.58 Å². The molecule has 0 aromatic carbocycles. The summed E-state index contributed by atoms with van der Waals surface area (Å²) in [6.45, 7) is 3.96. The largest absolute Gasteiger partial charge is 0.480 e. The summed E-state index contributed by atoms with van der Waals surface area (Å²) >= 11 is 0. The van der Waals surface area contributed by atoms with Gasteiger partial charge in [-0.25, -0.2) is 4.79 Å². The van der Waals surface area contributed by atoms with Gasteiger partial charge in [0.25, 0.3) is 0 Å². The van der Waals surface area contributed by atoms with Crippen LogP contribution in [0.1, 0.15) is 19.3 Å². The maximum atomic E-state index is 10.6. The first-order valence-electron chi connectivity index (χ1n) is 3.93. The topological polar surface area (TPSA) is 89.3 Å². The van der Waals surface area contributed by atoms with Crippen LogP contribution in [0.15, 0.2) is 12.7 Å². The van der Waals surface area contributed by atoms with E-state index in [1.807, 2.05) is 0 Å². The van der Waals surface area contributed by atoms with Gasteiger partial charge in [-0.15, -0.1) is 6.58 Å². The molecule has 0 aliphatic heterocycles. The van der Waals surface area contributed by atoms with Crippen LogP contribution in [-0.4, -0.2) is 23.2 Å². The minimum absolute atomic E-state index is 0.392. The van der Waals surface area contributed by atoms with E-state index in [1.54, 1.807) is 0 Å². The van der Waals surface area contributed by atoms with Gasteiger partial charge < -0.3 is 16.6 Å². The first-order valence-corrected chi connectivity index (χ1v) is 3.93. The smallest absolute Gasteiger partial charge is 0.327 e. The first-order chi connectivity index (χ1) is 5.56. The number of hydrogen-bond donors (Lipinski definition) is 3. The predicted molar refractivity (Wildman–Crippen MR) is 47.7 cm³/mol. The van der Waals surface area contributed by atoms with Crippen molar-refractivity contribution in [2.75, 3.05) is 6.54 Å². The molecule has 4 nitrogen and oxygen atoms in total. The molecule has 0 aromatic rings. The molecule has 4 heteroatoms. The Labute approximate surface area is 72.2 Å². The highest BCUT2D eigenvalue weighted by Gasteiger charge is 2.29. The summed E-state index contributed by atoms with van der Waals surface area (Å²) in [6, 6.07) is 0. The predicted octanol–water partition coefficient (Wildman–Crippen LogP) is 0.0835. The second kappa shape index (κ2) is 4.90. The van der Waals surface area contributed by atoms with Crippen molar-refractivity contribution in [3.05, 3.63) is 12.7 Å². The van der Waals surface area contributed by atoms with E-state index in [9.17, 15) is 4.79 Å². The Balaban J connectivity index is 3.97. The molecule has 5 N–H and O–H groups in total. The average Bonchev–Trinajstić information content (AvgIpc) is 2.04. The maximum absolute atomic E-state index is 10.6. The minimum Gasteiger partial charge on any atom is -0.480 e. The summed E-state index contributed by atoms with van der Waals surface area (Å²) in [5, 5.41) is 8.70. The molecule has 12 heavy (non-hydrogen) atoms. The molecule has 0 aliphatic rings. The van der Waals surface area contributed by atoms with Crippen LogP contribution in [0.5, 0.6) is 0 Å². The second-order valence-electron chi connectivity index (χ2n) is 2.80. The Morgan fingerprint density at radius 2 is 2.17 bits per heavy atom. The van der Waals surface area contributed by atoms with E-state index in [0.29, 0.717) is 19.4 Å². The molecule has 0 fully saturated rings. The quantitative estimate of drug-likeness (QED) is 0.391. The fourth-order valence-electron chi connectivity index (χ4n) is 0.858. The maximum Gasteiger partial charge on any atom is 0.327 e. The normalized spacial score (nSPS) is 15.2. The molecule has 0 amide bonds. The van der Waals surface area contributed by atoms with Crippen molar-refractivity contribution >= 4 is 5.97 Å². The van der Waals surface area contributed by atoms with E-state index < -0.39 is 11.5 Å². The van der Waals surface area contributed by atoms with Crippen LogP contribution in [0.4, 0.5) is 0 Å². The van der Waals surface area contributed by atoms with Crippen LogP contribution >= 0.6 is 0 Å². The van der Waals surface area contributed by atoms with Crippen LogP contribution in [0.3, 0.4) is 0 Å². The standard InChI is InChI=1S/C8H16N2O2/c1-2-8(10,7(11)12)5-3-4-6-9/h2H,1,3-6,9-10H2,(H,11,12). The molecule has 0 bridgehead atoms. The summed E-state index contributed by atoms with van der Waals surface area (Å²) in [5.41, 5.74) is 9.50. The van der Waals surface area contributed by atoms with Gasteiger partial charge in [-0.3, -0.25) is 0 Å². The molecule has 0 aromatic heterocycles. The molecule has 1 atom stereocenters. The highest BCUT2D eigenvalue weighted by atomic mass is 16.4. The number of carboxylic acids is 1. The molecule has 0 rings (SSSR count). The van der Waals surface area contributed by atoms with Crippen molar-refractivity contribution < 1.29 is 9.90 Å². The van der Waals surface area contributed by atoms with Crippen LogP contribution < -0.4 is 11.5 Å². The highest BCUT2D eigenvalue weighted by Crippen LogP contribution is 2.12. The van der Waals surface area contributed by atoms with Crippen molar-refractivity contribution in [3.8, 4) is 0 Å². The Morgan fingerprint density at radius 1 is 1.58 bits per heavy atom.